The first-order valence-corrected chi connectivity index (χ1v) is 8.98. The number of nitrogens with zero attached hydrogens (tertiary/aromatic N) is 4. The maximum absolute atomic E-state index is 6.07. The molecule has 28 heavy (non-hydrogen) atoms. The van der Waals surface area contributed by atoms with Gasteiger partial charge >= 0.3 is 0 Å². The fraction of sp³-hybridized carbons (Fsp3) is 0.0455. The van der Waals surface area contributed by atoms with Gasteiger partial charge in [0.05, 0.1) is 11.2 Å². The highest BCUT2D eigenvalue weighted by Gasteiger charge is 2.10. The number of rotatable bonds is 3. The minimum absolute atomic E-state index is 0.534. The fourth-order valence-corrected chi connectivity index (χ4v) is 3.49. The summed E-state index contributed by atoms with van der Waals surface area (Å²) in [7, 11) is 2.04. The first kappa shape index (κ1) is 16.3. The average Bonchev–Trinajstić information content (AvgIpc) is 3.06. The van der Waals surface area contributed by atoms with Crippen molar-refractivity contribution in [3.8, 4) is 11.3 Å². The Balaban J connectivity index is 1.53. The van der Waals surface area contributed by atoms with Crippen molar-refractivity contribution in [3.63, 3.8) is 0 Å². The number of hydrogen-bond acceptors (Lipinski definition) is 5. The predicted octanol–water partition coefficient (Wildman–Crippen LogP) is 4.51. The monoisotopic (exact) mass is 366 g/mol. The third kappa shape index (κ3) is 2.72. The summed E-state index contributed by atoms with van der Waals surface area (Å²) in [6.45, 7) is 0. The van der Waals surface area contributed by atoms with Crippen molar-refractivity contribution in [2.75, 3.05) is 11.1 Å². The van der Waals surface area contributed by atoms with Crippen molar-refractivity contribution in [1.29, 1.82) is 0 Å². The van der Waals surface area contributed by atoms with Crippen LogP contribution in [0.3, 0.4) is 0 Å². The first-order valence-electron chi connectivity index (χ1n) is 8.98. The molecule has 2 aromatic carbocycles. The Kier molecular flexibility index (Phi) is 3.69. The molecule has 3 N–H and O–H groups in total. The molecule has 0 bridgehead atoms. The van der Waals surface area contributed by atoms with Gasteiger partial charge in [-0.15, -0.1) is 0 Å². The van der Waals surface area contributed by atoms with Gasteiger partial charge in [0.15, 0.2) is 0 Å². The van der Waals surface area contributed by atoms with Crippen LogP contribution in [-0.2, 0) is 7.05 Å². The summed E-state index contributed by atoms with van der Waals surface area (Å²) in [6, 6.07) is 17.9. The molecule has 3 heterocycles. The number of pyridine rings is 1. The molecule has 0 unspecified atom stereocenters. The molecule has 0 radical (unpaired) electrons. The normalized spacial score (nSPS) is 11.2. The van der Waals surface area contributed by atoms with E-state index < -0.39 is 0 Å². The van der Waals surface area contributed by atoms with Crippen LogP contribution in [0.2, 0.25) is 0 Å². The maximum atomic E-state index is 6.07. The molecule has 5 rings (SSSR count). The summed E-state index contributed by atoms with van der Waals surface area (Å²) in [5, 5.41) is 5.34. The highest BCUT2D eigenvalue weighted by molar-refractivity contribution is 5.95. The van der Waals surface area contributed by atoms with E-state index in [2.05, 4.69) is 38.2 Å². The van der Waals surface area contributed by atoms with E-state index in [1.807, 2.05) is 43.4 Å². The van der Waals surface area contributed by atoms with Crippen LogP contribution in [0.5, 0.6) is 0 Å². The van der Waals surface area contributed by atoms with Crippen LogP contribution in [-0.4, -0.2) is 19.5 Å². The Labute approximate surface area is 161 Å². The third-order valence-corrected chi connectivity index (χ3v) is 4.86. The lowest BCUT2D eigenvalue weighted by Gasteiger charge is -2.08. The van der Waals surface area contributed by atoms with Crippen molar-refractivity contribution in [2.45, 2.75) is 0 Å². The minimum atomic E-state index is 0.534. The minimum Gasteiger partial charge on any atom is -0.398 e. The SMILES string of the molecule is Cn1cc(-c2ccnc(Nc3ccc4nccc(N)c4c3)n2)c2ccccc21. The summed E-state index contributed by atoms with van der Waals surface area (Å²) in [4.78, 5) is 13.4. The zero-order valence-corrected chi connectivity index (χ0v) is 15.3. The Morgan fingerprint density at radius 1 is 0.929 bits per heavy atom. The highest BCUT2D eigenvalue weighted by atomic mass is 15.1. The number of para-hydroxylation sites is 1. The molecule has 0 saturated carbocycles. The number of aryl methyl sites for hydroxylation is 1. The Hall–Kier alpha value is -3.93. The standard InChI is InChI=1S/C22H18N6/c1-28-13-17(15-4-2-3-5-21(15)28)20-9-11-25-22(27-20)26-14-6-7-19-16(12-14)18(23)8-10-24-19/h2-13H,1H3,(H2,23,24)(H,25,26,27). The Bertz CT molecular complexity index is 1320. The predicted molar refractivity (Wildman–Crippen MR) is 113 cm³/mol. The van der Waals surface area contributed by atoms with Gasteiger partial charge in [0, 0.05) is 58.9 Å². The topological polar surface area (TPSA) is 81.7 Å². The molecule has 0 saturated heterocycles. The molecular weight excluding hydrogens is 348 g/mol. The summed E-state index contributed by atoms with van der Waals surface area (Å²) in [5.74, 6) is 0.534. The van der Waals surface area contributed by atoms with Crippen LogP contribution in [0.1, 0.15) is 0 Å². The zero-order valence-electron chi connectivity index (χ0n) is 15.3. The summed E-state index contributed by atoms with van der Waals surface area (Å²) >= 11 is 0. The van der Waals surface area contributed by atoms with Crippen molar-refractivity contribution in [1.82, 2.24) is 19.5 Å². The molecule has 0 fully saturated rings. The molecule has 6 heteroatoms. The van der Waals surface area contributed by atoms with Gasteiger partial charge in [-0.2, -0.15) is 0 Å². The van der Waals surface area contributed by atoms with Crippen LogP contribution in [0.15, 0.2) is 73.2 Å². The van der Waals surface area contributed by atoms with Crippen molar-refractivity contribution in [3.05, 3.63) is 73.2 Å². The number of anilines is 3. The molecular formula is C22H18N6. The van der Waals surface area contributed by atoms with Gasteiger partial charge in [-0.1, -0.05) is 18.2 Å². The maximum Gasteiger partial charge on any atom is 0.227 e. The second-order valence-electron chi connectivity index (χ2n) is 6.69. The Morgan fingerprint density at radius 3 is 2.71 bits per heavy atom. The number of nitrogen functional groups attached to an aromatic ring is 1. The van der Waals surface area contributed by atoms with Crippen molar-refractivity contribution in [2.24, 2.45) is 7.05 Å². The zero-order chi connectivity index (χ0) is 19.1. The lowest BCUT2D eigenvalue weighted by atomic mass is 10.1. The van der Waals surface area contributed by atoms with Gasteiger partial charge in [-0.3, -0.25) is 4.98 Å². The molecule has 0 aliphatic heterocycles. The summed E-state index contributed by atoms with van der Waals surface area (Å²) in [5.41, 5.74) is 11.6. The fourth-order valence-electron chi connectivity index (χ4n) is 3.49. The quantitative estimate of drug-likeness (QED) is 0.491. The van der Waals surface area contributed by atoms with E-state index in [9.17, 15) is 0 Å². The molecule has 6 nitrogen and oxygen atoms in total. The molecule has 5 aromatic rings. The number of nitrogens with two attached hydrogens (primary N) is 1. The van der Waals surface area contributed by atoms with Crippen LogP contribution in [0.4, 0.5) is 17.3 Å². The van der Waals surface area contributed by atoms with Gasteiger partial charge < -0.3 is 15.6 Å². The molecule has 0 amide bonds. The van der Waals surface area contributed by atoms with Gasteiger partial charge in [-0.05, 0) is 36.4 Å². The number of benzene rings is 2. The van der Waals surface area contributed by atoms with E-state index in [-0.39, 0.29) is 0 Å². The number of nitrogens with one attached hydrogen (secondary N) is 1. The molecule has 0 spiro atoms. The van der Waals surface area contributed by atoms with Crippen LogP contribution >= 0.6 is 0 Å². The summed E-state index contributed by atoms with van der Waals surface area (Å²) in [6.07, 6.45) is 5.57. The molecule has 136 valence electrons. The number of fused-ring (bicyclic) bond motifs is 2. The second kappa shape index (κ2) is 6.35. The van der Waals surface area contributed by atoms with E-state index in [1.165, 1.54) is 10.9 Å². The smallest absolute Gasteiger partial charge is 0.227 e. The lowest BCUT2D eigenvalue weighted by Crippen LogP contribution is -1.98. The third-order valence-electron chi connectivity index (χ3n) is 4.86. The average molecular weight is 366 g/mol. The molecule has 0 atom stereocenters. The van der Waals surface area contributed by atoms with E-state index in [4.69, 9.17) is 10.7 Å². The lowest BCUT2D eigenvalue weighted by molar-refractivity contribution is 0.969. The van der Waals surface area contributed by atoms with E-state index in [0.717, 1.165) is 27.8 Å². The second-order valence-corrected chi connectivity index (χ2v) is 6.69. The number of aromatic nitrogens is 4. The van der Waals surface area contributed by atoms with Crippen LogP contribution in [0.25, 0.3) is 33.1 Å². The largest absolute Gasteiger partial charge is 0.398 e. The Morgan fingerprint density at radius 2 is 1.79 bits per heavy atom. The van der Waals surface area contributed by atoms with Crippen LogP contribution in [0, 0.1) is 0 Å². The highest BCUT2D eigenvalue weighted by Crippen LogP contribution is 2.30. The molecule has 3 aromatic heterocycles. The molecule has 0 aliphatic carbocycles. The van der Waals surface area contributed by atoms with E-state index in [1.54, 1.807) is 18.5 Å². The van der Waals surface area contributed by atoms with Gasteiger partial charge in [0.25, 0.3) is 0 Å². The number of hydrogen-bond donors (Lipinski definition) is 2. The van der Waals surface area contributed by atoms with E-state index in [0.29, 0.717) is 11.6 Å². The molecule has 0 aliphatic rings. The van der Waals surface area contributed by atoms with Crippen molar-refractivity contribution < 1.29 is 0 Å². The van der Waals surface area contributed by atoms with Gasteiger partial charge in [0.2, 0.25) is 5.95 Å². The first-order chi connectivity index (χ1) is 13.7. The van der Waals surface area contributed by atoms with Crippen molar-refractivity contribution >= 4 is 39.1 Å². The van der Waals surface area contributed by atoms with Crippen LogP contribution < -0.4 is 11.1 Å². The van der Waals surface area contributed by atoms with E-state index >= 15 is 0 Å². The summed E-state index contributed by atoms with van der Waals surface area (Å²) < 4.78 is 2.11. The van der Waals surface area contributed by atoms with Gasteiger partial charge in [0.1, 0.15) is 0 Å². The van der Waals surface area contributed by atoms with Gasteiger partial charge in [-0.25, -0.2) is 9.97 Å².